The van der Waals surface area contributed by atoms with Crippen LogP contribution in [0, 0.1) is 0 Å². The maximum Gasteiger partial charge on any atom is 0.234 e. The first-order valence-electron chi connectivity index (χ1n) is 8.46. The molecule has 3 rings (SSSR count). The van der Waals surface area contributed by atoms with Crippen molar-refractivity contribution in [2.45, 2.75) is 19.3 Å². The summed E-state index contributed by atoms with van der Waals surface area (Å²) in [7, 11) is 0. The number of nitrogens with one attached hydrogen (secondary N) is 1. The Kier molecular flexibility index (Phi) is 7.44. The standard InChI is InChI=1S/C14H13ClN4O.C5H11N/c15-12-3-2-9(16)6-10(12)8-1-4-13(17)11(5-8)14(18)19-7-20;1-2-4-6-5-3-1/h1-7H,16-17H2,(H2,18,19,20);6H,1-5H2. The number of hydrogen-bond donors (Lipinski definition) is 4. The van der Waals surface area contributed by atoms with Crippen LogP contribution in [0.25, 0.3) is 11.1 Å². The first kappa shape index (κ1) is 19.8. The number of aliphatic imine (C=N–C) groups is 1. The molecule has 0 bridgehead atoms. The van der Waals surface area contributed by atoms with Crippen molar-refractivity contribution in [3.8, 4) is 11.1 Å². The molecule has 1 fully saturated rings. The zero-order valence-corrected chi connectivity index (χ0v) is 15.3. The molecule has 7 heteroatoms. The molecular weight excluding hydrogens is 350 g/mol. The highest BCUT2D eigenvalue weighted by atomic mass is 35.5. The highest BCUT2D eigenvalue weighted by Gasteiger charge is 2.09. The van der Waals surface area contributed by atoms with Crippen molar-refractivity contribution < 1.29 is 4.79 Å². The quantitative estimate of drug-likeness (QED) is 0.285. The third kappa shape index (κ3) is 5.47. The van der Waals surface area contributed by atoms with Crippen LogP contribution in [0.2, 0.25) is 5.02 Å². The number of amidine groups is 1. The van der Waals surface area contributed by atoms with E-state index < -0.39 is 0 Å². The average molecular weight is 374 g/mol. The molecule has 0 unspecified atom stereocenters. The lowest BCUT2D eigenvalue weighted by atomic mass is 10.0. The molecule has 1 amide bonds. The first-order valence-corrected chi connectivity index (χ1v) is 8.83. The number of hydrogen-bond acceptors (Lipinski definition) is 4. The Morgan fingerprint density at radius 2 is 1.81 bits per heavy atom. The molecular formula is C19H24ClN5O. The van der Waals surface area contributed by atoms with Crippen LogP contribution in [0.1, 0.15) is 24.8 Å². The molecule has 1 saturated heterocycles. The largest absolute Gasteiger partial charge is 0.399 e. The third-order valence-corrected chi connectivity index (χ3v) is 4.36. The molecule has 1 heterocycles. The summed E-state index contributed by atoms with van der Waals surface area (Å²) in [5, 5.41) is 3.84. The number of halogens is 1. The first-order chi connectivity index (χ1) is 12.5. The van der Waals surface area contributed by atoms with Gasteiger partial charge in [0.1, 0.15) is 5.84 Å². The minimum atomic E-state index is 0.0550. The molecule has 138 valence electrons. The van der Waals surface area contributed by atoms with Gasteiger partial charge in [-0.15, -0.1) is 0 Å². The van der Waals surface area contributed by atoms with Crippen LogP contribution >= 0.6 is 11.6 Å². The van der Waals surface area contributed by atoms with E-state index in [2.05, 4.69) is 10.3 Å². The van der Waals surface area contributed by atoms with Crippen molar-refractivity contribution in [2.24, 2.45) is 10.7 Å². The van der Waals surface area contributed by atoms with E-state index in [9.17, 15) is 4.79 Å². The molecule has 6 nitrogen and oxygen atoms in total. The van der Waals surface area contributed by atoms with Gasteiger partial charge >= 0.3 is 0 Å². The molecule has 1 aliphatic rings. The summed E-state index contributed by atoms with van der Waals surface area (Å²) in [6, 6.07) is 10.4. The van der Waals surface area contributed by atoms with Gasteiger partial charge in [0.25, 0.3) is 0 Å². The monoisotopic (exact) mass is 373 g/mol. The second kappa shape index (κ2) is 9.79. The third-order valence-electron chi connectivity index (χ3n) is 4.03. The van der Waals surface area contributed by atoms with Crippen molar-refractivity contribution in [3.05, 3.63) is 47.0 Å². The maximum absolute atomic E-state index is 10.4. The number of carbonyl (C=O) groups excluding carboxylic acids is 1. The average Bonchev–Trinajstić information content (AvgIpc) is 2.66. The second-order valence-corrected chi connectivity index (χ2v) is 6.38. The Morgan fingerprint density at radius 1 is 1.08 bits per heavy atom. The number of benzene rings is 2. The number of rotatable bonds is 3. The SMILES string of the molecule is C1CCNCC1.NC(=NC=O)c1cc(-c2cc(N)ccc2Cl)ccc1N. The molecule has 0 spiro atoms. The number of amides is 1. The van der Waals surface area contributed by atoms with Crippen LogP contribution in [-0.4, -0.2) is 25.3 Å². The number of nitrogens with two attached hydrogens (primary N) is 3. The van der Waals surface area contributed by atoms with Gasteiger partial charge in [0, 0.05) is 27.5 Å². The van der Waals surface area contributed by atoms with Crippen LogP contribution in [0.4, 0.5) is 11.4 Å². The zero-order valence-electron chi connectivity index (χ0n) is 14.5. The Morgan fingerprint density at radius 3 is 2.38 bits per heavy atom. The van der Waals surface area contributed by atoms with Crippen molar-refractivity contribution in [1.82, 2.24) is 5.32 Å². The van der Waals surface area contributed by atoms with Crippen molar-refractivity contribution in [2.75, 3.05) is 24.6 Å². The van der Waals surface area contributed by atoms with Crippen molar-refractivity contribution >= 4 is 35.2 Å². The van der Waals surface area contributed by atoms with Gasteiger partial charge in [-0.1, -0.05) is 24.1 Å². The Hall–Kier alpha value is -2.57. The normalized spacial score (nSPS) is 14.3. The summed E-state index contributed by atoms with van der Waals surface area (Å²) in [6.45, 7) is 2.50. The van der Waals surface area contributed by atoms with E-state index in [0.717, 1.165) is 11.1 Å². The molecule has 0 aromatic heterocycles. The van der Waals surface area contributed by atoms with Crippen LogP contribution in [0.15, 0.2) is 41.4 Å². The Balaban J connectivity index is 0.000000342. The molecule has 2 aromatic rings. The predicted molar refractivity (Wildman–Crippen MR) is 109 cm³/mol. The number of anilines is 2. The molecule has 2 aromatic carbocycles. The van der Waals surface area contributed by atoms with Crippen LogP contribution < -0.4 is 22.5 Å². The van der Waals surface area contributed by atoms with E-state index in [0.29, 0.717) is 28.4 Å². The van der Waals surface area contributed by atoms with Gasteiger partial charge in [-0.2, -0.15) is 4.99 Å². The summed E-state index contributed by atoms with van der Waals surface area (Å²) >= 11 is 6.16. The van der Waals surface area contributed by atoms with Gasteiger partial charge in [0.2, 0.25) is 6.41 Å². The number of piperidine rings is 1. The van der Waals surface area contributed by atoms with E-state index in [4.69, 9.17) is 28.8 Å². The molecule has 0 aliphatic carbocycles. The number of nitrogen functional groups attached to an aromatic ring is 2. The van der Waals surface area contributed by atoms with Gasteiger partial charge in [-0.25, -0.2) is 0 Å². The fourth-order valence-corrected chi connectivity index (χ4v) is 2.86. The smallest absolute Gasteiger partial charge is 0.234 e. The highest BCUT2D eigenvalue weighted by molar-refractivity contribution is 6.33. The topological polar surface area (TPSA) is 120 Å². The molecule has 0 saturated carbocycles. The highest BCUT2D eigenvalue weighted by Crippen LogP contribution is 2.31. The van der Waals surface area contributed by atoms with Crippen LogP contribution in [-0.2, 0) is 4.79 Å². The van der Waals surface area contributed by atoms with Crippen LogP contribution in [0.5, 0.6) is 0 Å². The second-order valence-electron chi connectivity index (χ2n) is 5.97. The zero-order chi connectivity index (χ0) is 18.9. The number of nitrogens with zero attached hydrogens (tertiary/aromatic N) is 1. The van der Waals surface area contributed by atoms with Gasteiger partial charge in [-0.3, -0.25) is 4.79 Å². The summed E-state index contributed by atoms with van der Waals surface area (Å²) in [4.78, 5) is 13.9. The van der Waals surface area contributed by atoms with E-state index >= 15 is 0 Å². The molecule has 1 aliphatic heterocycles. The molecule has 0 atom stereocenters. The summed E-state index contributed by atoms with van der Waals surface area (Å²) in [6.07, 6.45) is 4.59. The maximum atomic E-state index is 10.4. The summed E-state index contributed by atoms with van der Waals surface area (Å²) in [5.41, 5.74) is 20.3. The fraction of sp³-hybridized carbons (Fsp3) is 0.263. The van der Waals surface area contributed by atoms with E-state index in [1.807, 2.05) is 0 Å². The Bertz CT molecular complexity index is 776. The molecule has 7 N–H and O–H groups in total. The summed E-state index contributed by atoms with van der Waals surface area (Å²) < 4.78 is 0. The predicted octanol–water partition coefficient (Wildman–Crippen LogP) is 2.79. The fourth-order valence-electron chi connectivity index (χ4n) is 2.64. The van der Waals surface area contributed by atoms with Gasteiger partial charge in [0.05, 0.1) is 0 Å². The summed E-state index contributed by atoms with van der Waals surface area (Å²) in [5.74, 6) is 0.0550. The van der Waals surface area contributed by atoms with E-state index in [1.54, 1.807) is 36.4 Å². The molecule has 0 radical (unpaired) electrons. The lowest BCUT2D eigenvalue weighted by molar-refractivity contribution is -0.106. The van der Waals surface area contributed by atoms with Crippen molar-refractivity contribution in [3.63, 3.8) is 0 Å². The van der Waals surface area contributed by atoms with E-state index in [1.165, 1.54) is 32.4 Å². The lowest BCUT2D eigenvalue weighted by Crippen LogP contribution is -2.21. The Labute approximate surface area is 158 Å². The van der Waals surface area contributed by atoms with Gasteiger partial charge < -0.3 is 22.5 Å². The number of carbonyl (C=O) groups is 1. The van der Waals surface area contributed by atoms with E-state index in [-0.39, 0.29) is 5.84 Å². The minimum Gasteiger partial charge on any atom is -0.399 e. The van der Waals surface area contributed by atoms with Gasteiger partial charge in [0.15, 0.2) is 0 Å². The lowest BCUT2D eigenvalue weighted by Gasteiger charge is -2.10. The van der Waals surface area contributed by atoms with Crippen molar-refractivity contribution in [1.29, 1.82) is 0 Å². The van der Waals surface area contributed by atoms with Gasteiger partial charge in [-0.05, 0) is 61.8 Å². The minimum absolute atomic E-state index is 0.0550. The molecule has 26 heavy (non-hydrogen) atoms. The van der Waals surface area contributed by atoms with Crippen LogP contribution in [0.3, 0.4) is 0 Å².